The Balaban J connectivity index is 1.65. The van der Waals surface area contributed by atoms with Crippen molar-refractivity contribution in [3.63, 3.8) is 0 Å². The number of aromatic nitrogens is 2. The average Bonchev–Trinajstić information content (AvgIpc) is 3.27. The molecule has 126 valence electrons. The summed E-state index contributed by atoms with van der Waals surface area (Å²) in [6.07, 6.45) is 3.14. The second kappa shape index (κ2) is 6.14. The van der Waals surface area contributed by atoms with Gasteiger partial charge in [-0.3, -0.25) is 14.6 Å². The molecule has 1 saturated carbocycles. The molecule has 2 N–H and O–H groups in total. The summed E-state index contributed by atoms with van der Waals surface area (Å²) in [5.41, 5.74) is 0.939. The Bertz CT molecular complexity index is 894. The largest absolute Gasteiger partial charge is 0.381 e. The van der Waals surface area contributed by atoms with Gasteiger partial charge >= 0.3 is 0 Å². The van der Waals surface area contributed by atoms with Crippen LogP contribution < -0.4 is 5.56 Å². The number of fused-ring (bicyclic) bond motifs is 1. The second-order valence-electron chi connectivity index (χ2n) is 6.59. The van der Waals surface area contributed by atoms with Gasteiger partial charge in [0.15, 0.2) is 4.77 Å². The predicted molar refractivity (Wildman–Crippen MR) is 92.7 cm³/mol. The Morgan fingerprint density at radius 2 is 2.12 bits per heavy atom. The minimum Gasteiger partial charge on any atom is -0.381 e. The summed E-state index contributed by atoms with van der Waals surface area (Å²) >= 11 is 5.01. The van der Waals surface area contributed by atoms with Crippen LogP contribution in [0.2, 0.25) is 0 Å². The third-order valence-corrected chi connectivity index (χ3v) is 4.92. The van der Waals surface area contributed by atoms with Crippen molar-refractivity contribution >= 4 is 29.0 Å². The van der Waals surface area contributed by atoms with Crippen molar-refractivity contribution in [1.29, 1.82) is 0 Å². The maximum atomic E-state index is 13.0. The fraction of sp³-hybridized carbons (Fsp3) is 0.471. The summed E-state index contributed by atoms with van der Waals surface area (Å²) in [6, 6.07) is 5.46. The van der Waals surface area contributed by atoms with Crippen LogP contribution in [0.15, 0.2) is 23.0 Å². The predicted octanol–water partition coefficient (Wildman–Crippen LogP) is 2.23. The molecule has 1 atom stereocenters. The van der Waals surface area contributed by atoms with E-state index in [1.807, 2.05) is 4.90 Å². The highest BCUT2D eigenvalue weighted by Crippen LogP contribution is 2.30. The number of nitrogens with one attached hydrogen (secondary N) is 2. The van der Waals surface area contributed by atoms with Crippen molar-refractivity contribution in [3.8, 4) is 0 Å². The molecular formula is C17H19N3O3S. The number of carbonyl (C=O) groups is 1. The molecule has 4 rings (SSSR count). The molecule has 1 aromatic carbocycles. The van der Waals surface area contributed by atoms with Crippen molar-refractivity contribution in [2.75, 3.05) is 19.8 Å². The first-order chi connectivity index (χ1) is 11.6. The van der Waals surface area contributed by atoms with E-state index in [1.165, 1.54) is 0 Å². The van der Waals surface area contributed by atoms with E-state index in [0.717, 1.165) is 39.0 Å². The molecule has 0 spiro atoms. The zero-order chi connectivity index (χ0) is 16.7. The highest BCUT2D eigenvalue weighted by atomic mass is 32.1. The van der Waals surface area contributed by atoms with Gasteiger partial charge < -0.3 is 14.6 Å². The number of rotatable bonds is 4. The quantitative estimate of drug-likeness (QED) is 0.833. The first-order valence-electron chi connectivity index (χ1n) is 8.27. The molecular weight excluding hydrogens is 326 g/mol. The number of H-pyrrole nitrogens is 2. The number of aromatic amines is 2. The molecule has 1 aromatic heterocycles. The van der Waals surface area contributed by atoms with E-state index in [2.05, 4.69) is 9.97 Å². The van der Waals surface area contributed by atoms with E-state index in [4.69, 9.17) is 17.0 Å². The van der Waals surface area contributed by atoms with Gasteiger partial charge in [0.2, 0.25) is 0 Å². The van der Waals surface area contributed by atoms with Gasteiger partial charge in [-0.2, -0.15) is 0 Å². The van der Waals surface area contributed by atoms with Gasteiger partial charge in [-0.15, -0.1) is 0 Å². The Kier molecular flexibility index (Phi) is 3.97. The summed E-state index contributed by atoms with van der Waals surface area (Å²) in [5, 5.41) is 0.502. The lowest BCUT2D eigenvalue weighted by Crippen LogP contribution is -2.37. The first kappa shape index (κ1) is 15.5. The average molecular weight is 345 g/mol. The molecule has 0 radical (unpaired) electrons. The molecule has 1 saturated heterocycles. The summed E-state index contributed by atoms with van der Waals surface area (Å²) in [7, 11) is 0. The van der Waals surface area contributed by atoms with Gasteiger partial charge in [0.25, 0.3) is 11.5 Å². The minimum atomic E-state index is -0.241. The molecule has 2 aliphatic rings. The lowest BCUT2D eigenvalue weighted by molar-refractivity contribution is 0.0706. The maximum absolute atomic E-state index is 13.0. The zero-order valence-electron chi connectivity index (χ0n) is 13.2. The van der Waals surface area contributed by atoms with E-state index >= 15 is 0 Å². The molecule has 6 nitrogen and oxygen atoms in total. The smallest absolute Gasteiger partial charge is 0.259 e. The van der Waals surface area contributed by atoms with Crippen LogP contribution in [0.25, 0.3) is 10.9 Å². The zero-order valence-corrected chi connectivity index (χ0v) is 14.0. The van der Waals surface area contributed by atoms with Crippen LogP contribution in [0.3, 0.4) is 0 Å². The van der Waals surface area contributed by atoms with E-state index in [-0.39, 0.29) is 16.2 Å². The summed E-state index contributed by atoms with van der Waals surface area (Å²) in [5.74, 6) is 0.439. The lowest BCUT2D eigenvalue weighted by atomic mass is 10.1. The molecule has 7 heteroatoms. The Morgan fingerprint density at radius 3 is 2.83 bits per heavy atom. The van der Waals surface area contributed by atoms with E-state index in [1.54, 1.807) is 18.2 Å². The van der Waals surface area contributed by atoms with Crippen molar-refractivity contribution in [1.82, 2.24) is 14.9 Å². The topological polar surface area (TPSA) is 78.2 Å². The normalized spacial score (nSPS) is 20.4. The number of carbonyl (C=O) groups excluding carboxylic acids is 1. The third-order valence-electron chi connectivity index (χ3n) is 4.71. The number of amides is 1. The van der Waals surface area contributed by atoms with Gasteiger partial charge in [0.1, 0.15) is 0 Å². The fourth-order valence-corrected chi connectivity index (χ4v) is 3.46. The van der Waals surface area contributed by atoms with Gasteiger partial charge in [-0.1, -0.05) is 0 Å². The highest BCUT2D eigenvalue weighted by molar-refractivity contribution is 7.71. The van der Waals surface area contributed by atoms with Crippen LogP contribution in [0.4, 0.5) is 0 Å². The molecule has 0 bridgehead atoms. The van der Waals surface area contributed by atoms with Crippen LogP contribution >= 0.6 is 12.2 Å². The van der Waals surface area contributed by atoms with Gasteiger partial charge in [0.05, 0.1) is 17.5 Å². The molecule has 1 aliphatic heterocycles. The first-order valence-corrected chi connectivity index (χ1v) is 8.68. The van der Waals surface area contributed by atoms with Gasteiger partial charge in [-0.25, -0.2) is 0 Å². The van der Waals surface area contributed by atoms with Gasteiger partial charge in [-0.05, 0) is 49.7 Å². The number of ether oxygens (including phenoxy) is 1. The monoisotopic (exact) mass is 345 g/mol. The Morgan fingerprint density at radius 1 is 1.29 bits per heavy atom. The SMILES string of the molecule is O=C(c1ccc2c(=O)[nH]c(=S)[nH]c2c1)N(C[C@H]1CCOC1)C1CC1. The van der Waals surface area contributed by atoms with E-state index < -0.39 is 0 Å². The van der Waals surface area contributed by atoms with E-state index in [0.29, 0.717) is 28.4 Å². The molecule has 1 aliphatic carbocycles. The van der Waals surface area contributed by atoms with Crippen molar-refractivity contribution in [2.24, 2.45) is 5.92 Å². The van der Waals surface area contributed by atoms with Crippen LogP contribution in [0, 0.1) is 10.7 Å². The molecule has 2 aromatic rings. The van der Waals surface area contributed by atoms with Crippen LogP contribution in [-0.2, 0) is 4.74 Å². The molecule has 1 amide bonds. The standard InChI is InChI=1S/C17H19N3O3S/c21-15-13-4-1-11(7-14(13)18-17(24)19-15)16(22)20(12-2-3-12)8-10-5-6-23-9-10/h1,4,7,10,12H,2-3,5-6,8-9H2,(H2,18,19,21,24)/t10-/m1/s1. The number of hydrogen-bond donors (Lipinski definition) is 2. The second-order valence-corrected chi connectivity index (χ2v) is 7.00. The van der Waals surface area contributed by atoms with Crippen molar-refractivity contribution < 1.29 is 9.53 Å². The van der Waals surface area contributed by atoms with Crippen molar-refractivity contribution in [2.45, 2.75) is 25.3 Å². The summed E-state index contributed by atoms with van der Waals surface area (Å²) in [6.45, 7) is 2.26. The number of hydrogen-bond acceptors (Lipinski definition) is 4. The van der Waals surface area contributed by atoms with Crippen LogP contribution in [0.1, 0.15) is 29.6 Å². The van der Waals surface area contributed by atoms with Crippen LogP contribution in [-0.4, -0.2) is 46.6 Å². The van der Waals surface area contributed by atoms with Crippen LogP contribution in [0.5, 0.6) is 0 Å². The van der Waals surface area contributed by atoms with Crippen molar-refractivity contribution in [3.05, 3.63) is 38.9 Å². The van der Waals surface area contributed by atoms with Gasteiger partial charge in [0, 0.05) is 30.7 Å². The highest BCUT2D eigenvalue weighted by Gasteiger charge is 2.35. The minimum absolute atomic E-state index is 0.0194. The molecule has 24 heavy (non-hydrogen) atoms. The Labute approximate surface area is 143 Å². The summed E-state index contributed by atoms with van der Waals surface area (Å²) in [4.78, 5) is 32.4. The van der Waals surface area contributed by atoms with E-state index in [9.17, 15) is 9.59 Å². The Hall–Kier alpha value is -1.99. The summed E-state index contributed by atoms with van der Waals surface area (Å²) < 4.78 is 5.70. The molecule has 0 unspecified atom stereocenters. The maximum Gasteiger partial charge on any atom is 0.259 e. The number of benzene rings is 1. The lowest BCUT2D eigenvalue weighted by Gasteiger charge is -2.25. The molecule has 2 heterocycles. The molecule has 2 fully saturated rings. The fourth-order valence-electron chi connectivity index (χ4n) is 3.26. The number of nitrogens with zero attached hydrogens (tertiary/aromatic N) is 1. The third kappa shape index (κ3) is 3.01.